The Balaban J connectivity index is 1.96. The van der Waals surface area contributed by atoms with Gasteiger partial charge < -0.3 is 10.1 Å². The molecule has 0 radical (unpaired) electrons. The van der Waals surface area contributed by atoms with Crippen LogP contribution in [0.2, 0.25) is 5.02 Å². The number of hydrogen-bond donors (Lipinski definition) is 1. The minimum absolute atomic E-state index is 0.0506. The van der Waals surface area contributed by atoms with E-state index >= 15 is 0 Å². The molecular formula is C12H13BrClNO. The molecule has 2 aliphatic heterocycles. The Morgan fingerprint density at radius 3 is 3.06 bits per heavy atom. The molecule has 0 bridgehead atoms. The topological polar surface area (TPSA) is 21.3 Å². The maximum atomic E-state index is 6.20. The molecule has 3 rings (SSSR count). The van der Waals surface area contributed by atoms with Crippen molar-refractivity contribution in [3.8, 4) is 5.75 Å². The lowest BCUT2D eigenvalue weighted by molar-refractivity contribution is 0.0661. The second-order valence-electron chi connectivity index (χ2n) is 4.62. The van der Waals surface area contributed by atoms with Crippen LogP contribution in [0.4, 0.5) is 0 Å². The minimum atomic E-state index is -0.0506. The monoisotopic (exact) mass is 301 g/mol. The van der Waals surface area contributed by atoms with Gasteiger partial charge in [-0.05, 0) is 31.5 Å². The van der Waals surface area contributed by atoms with Gasteiger partial charge in [0.05, 0.1) is 5.02 Å². The highest BCUT2D eigenvalue weighted by Crippen LogP contribution is 2.44. The number of piperidine rings is 1. The van der Waals surface area contributed by atoms with Gasteiger partial charge in [0.2, 0.25) is 0 Å². The standard InChI is InChI=1S/C12H13BrClNO/c13-9-4-8-6-12(2-1-3-15-7-12)16-11(8)10(14)5-9/h4-5,15H,1-3,6-7H2. The lowest BCUT2D eigenvalue weighted by atomic mass is 9.89. The molecule has 1 saturated heterocycles. The highest BCUT2D eigenvalue weighted by Gasteiger charge is 2.41. The molecule has 0 aliphatic carbocycles. The van der Waals surface area contributed by atoms with E-state index in [1.54, 1.807) is 0 Å². The van der Waals surface area contributed by atoms with Crippen molar-refractivity contribution in [3.05, 3.63) is 27.2 Å². The highest BCUT2D eigenvalue weighted by atomic mass is 79.9. The molecule has 4 heteroatoms. The molecule has 2 nitrogen and oxygen atoms in total. The molecule has 2 heterocycles. The van der Waals surface area contributed by atoms with Crippen molar-refractivity contribution in [3.63, 3.8) is 0 Å². The summed E-state index contributed by atoms with van der Waals surface area (Å²) in [4.78, 5) is 0. The van der Waals surface area contributed by atoms with Gasteiger partial charge in [0, 0.05) is 23.0 Å². The summed E-state index contributed by atoms with van der Waals surface area (Å²) in [5.41, 5.74) is 1.17. The summed E-state index contributed by atoms with van der Waals surface area (Å²) in [7, 11) is 0. The summed E-state index contributed by atoms with van der Waals surface area (Å²) in [6.45, 7) is 2.02. The number of hydrogen-bond acceptors (Lipinski definition) is 2. The quantitative estimate of drug-likeness (QED) is 0.795. The number of nitrogens with one attached hydrogen (secondary N) is 1. The van der Waals surface area contributed by atoms with Crippen LogP contribution in [0.5, 0.6) is 5.75 Å². The van der Waals surface area contributed by atoms with Gasteiger partial charge in [-0.25, -0.2) is 0 Å². The van der Waals surface area contributed by atoms with Crippen LogP contribution in [0.3, 0.4) is 0 Å². The van der Waals surface area contributed by atoms with Crippen LogP contribution in [0, 0.1) is 0 Å². The van der Waals surface area contributed by atoms with Crippen LogP contribution in [-0.2, 0) is 6.42 Å². The molecule has 86 valence electrons. The summed E-state index contributed by atoms with van der Waals surface area (Å²) in [5.74, 6) is 0.883. The number of ether oxygens (including phenoxy) is 1. The lowest BCUT2D eigenvalue weighted by Crippen LogP contribution is -2.49. The normalized spacial score (nSPS) is 27.9. The predicted molar refractivity (Wildman–Crippen MR) is 68.3 cm³/mol. The summed E-state index contributed by atoms with van der Waals surface area (Å²) in [5, 5.41) is 4.12. The van der Waals surface area contributed by atoms with Crippen molar-refractivity contribution < 1.29 is 4.74 Å². The average Bonchev–Trinajstić information content (AvgIpc) is 2.57. The molecule has 1 unspecified atom stereocenters. The summed E-state index contributed by atoms with van der Waals surface area (Å²) < 4.78 is 7.13. The highest BCUT2D eigenvalue weighted by molar-refractivity contribution is 9.10. The van der Waals surface area contributed by atoms with Crippen LogP contribution >= 0.6 is 27.5 Å². The first-order chi connectivity index (χ1) is 7.69. The third kappa shape index (κ3) is 1.75. The first-order valence-electron chi connectivity index (χ1n) is 5.56. The van der Waals surface area contributed by atoms with Gasteiger partial charge >= 0.3 is 0 Å². The Hall–Kier alpha value is -0.250. The Bertz CT molecular complexity index is 429. The van der Waals surface area contributed by atoms with Gasteiger partial charge in [-0.15, -0.1) is 0 Å². The second kappa shape index (κ2) is 3.90. The number of benzene rings is 1. The van der Waals surface area contributed by atoms with Gasteiger partial charge in [0.1, 0.15) is 11.4 Å². The van der Waals surface area contributed by atoms with Crippen LogP contribution in [0.25, 0.3) is 0 Å². The zero-order valence-electron chi connectivity index (χ0n) is 8.85. The number of fused-ring (bicyclic) bond motifs is 1. The zero-order chi connectivity index (χ0) is 11.2. The average molecular weight is 303 g/mol. The van der Waals surface area contributed by atoms with Gasteiger partial charge in [-0.2, -0.15) is 0 Å². The van der Waals surface area contributed by atoms with Crippen LogP contribution < -0.4 is 10.1 Å². The lowest BCUT2D eigenvalue weighted by Gasteiger charge is -2.33. The molecule has 16 heavy (non-hydrogen) atoms. The summed E-state index contributed by atoms with van der Waals surface area (Å²) >= 11 is 9.67. The Morgan fingerprint density at radius 1 is 1.44 bits per heavy atom. The Kier molecular flexibility index (Phi) is 2.65. The van der Waals surface area contributed by atoms with E-state index in [0.29, 0.717) is 5.02 Å². The predicted octanol–water partition coefficient (Wildman–Crippen LogP) is 3.16. The first kappa shape index (κ1) is 10.9. The SMILES string of the molecule is Clc1cc(Br)cc2c1OC1(CCCNC1)C2. The zero-order valence-corrected chi connectivity index (χ0v) is 11.2. The smallest absolute Gasteiger partial charge is 0.142 e. The largest absolute Gasteiger partial charge is 0.484 e. The van der Waals surface area contributed by atoms with Crippen molar-refractivity contribution in [2.24, 2.45) is 0 Å². The Morgan fingerprint density at radius 2 is 2.31 bits per heavy atom. The summed E-state index contributed by atoms with van der Waals surface area (Å²) in [6, 6.07) is 4.01. The summed E-state index contributed by atoms with van der Waals surface area (Å²) in [6.07, 6.45) is 3.25. The molecule has 0 saturated carbocycles. The fourth-order valence-corrected chi connectivity index (χ4v) is 3.55. The fraction of sp³-hybridized carbons (Fsp3) is 0.500. The third-order valence-corrected chi connectivity index (χ3v) is 4.09. The molecule has 1 fully saturated rings. The molecule has 2 aliphatic rings. The molecule has 1 aromatic rings. The molecule has 0 amide bonds. The fourth-order valence-electron chi connectivity index (χ4n) is 2.64. The molecular weight excluding hydrogens is 289 g/mol. The molecule has 1 N–H and O–H groups in total. The van der Waals surface area contributed by atoms with Gasteiger partial charge in [0.25, 0.3) is 0 Å². The van der Waals surface area contributed by atoms with E-state index in [4.69, 9.17) is 16.3 Å². The van der Waals surface area contributed by atoms with E-state index in [2.05, 4.69) is 27.3 Å². The van der Waals surface area contributed by atoms with Crippen molar-refractivity contribution in [1.29, 1.82) is 0 Å². The van der Waals surface area contributed by atoms with E-state index in [1.807, 2.05) is 6.07 Å². The maximum absolute atomic E-state index is 6.20. The van der Waals surface area contributed by atoms with Crippen LogP contribution in [0.1, 0.15) is 18.4 Å². The van der Waals surface area contributed by atoms with Gasteiger partial charge in [0.15, 0.2) is 0 Å². The number of halogens is 2. The van der Waals surface area contributed by atoms with Gasteiger partial charge in [-0.1, -0.05) is 27.5 Å². The second-order valence-corrected chi connectivity index (χ2v) is 5.94. The van der Waals surface area contributed by atoms with E-state index in [9.17, 15) is 0 Å². The first-order valence-corrected chi connectivity index (χ1v) is 6.73. The number of rotatable bonds is 0. The van der Waals surface area contributed by atoms with E-state index in [-0.39, 0.29) is 5.60 Å². The third-order valence-electron chi connectivity index (χ3n) is 3.35. The van der Waals surface area contributed by atoms with E-state index < -0.39 is 0 Å². The maximum Gasteiger partial charge on any atom is 0.142 e. The van der Waals surface area contributed by atoms with Crippen molar-refractivity contribution in [2.45, 2.75) is 24.9 Å². The van der Waals surface area contributed by atoms with Crippen LogP contribution in [-0.4, -0.2) is 18.7 Å². The van der Waals surface area contributed by atoms with E-state index in [1.165, 1.54) is 12.0 Å². The Labute approximate surface area is 108 Å². The van der Waals surface area contributed by atoms with Crippen molar-refractivity contribution in [2.75, 3.05) is 13.1 Å². The minimum Gasteiger partial charge on any atom is -0.484 e. The van der Waals surface area contributed by atoms with Crippen molar-refractivity contribution in [1.82, 2.24) is 5.32 Å². The molecule has 1 spiro atoms. The molecule has 0 aromatic heterocycles. The van der Waals surface area contributed by atoms with Crippen molar-refractivity contribution >= 4 is 27.5 Å². The molecule has 1 aromatic carbocycles. The van der Waals surface area contributed by atoms with E-state index in [0.717, 1.165) is 36.2 Å². The molecule has 1 atom stereocenters. The van der Waals surface area contributed by atoms with Crippen LogP contribution in [0.15, 0.2) is 16.6 Å². The van der Waals surface area contributed by atoms with Gasteiger partial charge in [-0.3, -0.25) is 0 Å².